The van der Waals surface area contributed by atoms with Crippen molar-refractivity contribution in [2.24, 2.45) is 5.92 Å². The van der Waals surface area contributed by atoms with E-state index < -0.39 is 0 Å². The largest absolute Gasteiger partial charge is 0.377 e. The van der Waals surface area contributed by atoms with Gasteiger partial charge in [0.2, 0.25) is 0 Å². The lowest BCUT2D eigenvalue weighted by Gasteiger charge is -2.35. The van der Waals surface area contributed by atoms with E-state index in [-0.39, 0.29) is 0 Å². The minimum atomic E-state index is 0.476. The average Bonchev–Trinajstić information content (AvgIpc) is 2.83. The molecule has 0 radical (unpaired) electrons. The van der Waals surface area contributed by atoms with Gasteiger partial charge >= 0.3 is 0 Å². The van der Waals surface area contributed by atoms with Crippen LogP contribution >= 0.6 is 0 Å². The van der Waals surface area contributed by atoms with Crippen molar-refractivity contribution >= 4 is 0 Å². The molecule has 3 heteroatoms. The summed E-state index contributed by atoms with van der Waals surface area (Å²) in [7, 11) is 0. The zero-order chi connectivity index (χ0) is 12.1. The fourth-order valence-corrected chi connectivity index (χ4v) is 2.86. The maximum absolute atomic E-state index is 5.62. The van der Waals surface area contributed by atoms with Crippen LogP contribution in [0.3, 0.4) is 0 Å². The SMILES string of the molecule is CC1CCN(C(C)CNCC2CCCO2)CC1. The van der Waals surface area contributed by atoms with E-state index in [0.717, 1.165) is 25.6 Å². The highest BCUT2D eigenvalue weighted by molar-refractivity contribution is 4.77. The second kappa shape index (κ2) is 6.72. The summed E-state index contributed by atoms with van der Waals surface area (Å²) in [5.74, 6) is 0.929. The molecule has 3 nitrogen and oxygen atoms in total. The van der Waals surface area contributed by atoms with Crippen molar-refractivity contribution in [1.82, 2.24) is 10.2 Å². The van der Waals surface area contributed by atoms with E-state index in [0.29, 0.717) is 12.1 Å². The first-order valence-electron chi connectivity index (χ1n) is 7.32. The molecule has 2 aliphatic heterocycles. The maximum atomic E-state index is 5.62. The Labute approximate surface area is 106 Å². The Balaban J connectivity index is 1.58. The lowest BCUT2D eigenvalue weighted by Crippen LogP contribution is -2.45. The highest BCUT2D eigenvalue weighted by Crippen LogP contribution is 2.17. The first kappa shape index (κ1) is 13.3. The van der Waals surface area contributed by atoms with Crippen LogP contribution in [0.4, 0.5) is 0 Å². The number of rotatable bonds is 5. The van der Waals surface area contributed by atoms with E-state index in [2.05, 4.69) is 24.1 Å². The van der Waals surface area contributed by atoms with Crippen LogP contribution in [0.15, 0.2) is 0 Å². The van der Waals surface area contributed by atoms with Crippen LogP contribution in [-0.4, -0.2) is 49.8 Å². The molecule has 0 spiro atoms. The van der Waals surface area contributed by atoms with Crippen LogP contribution in [0.2, 0.25) is 0 Å². The third-order valence-corrected chi connectivity index (χ3v) is 4.28. The van der Waals surface area contributed by atoms with Gasteiger partial charge in [0.05, 0.1) is 6.10 Å². The molecule has 17 heavy (non-hydrogen) atoms. The Morgan fingerprint density at radius 3 is 2.71 bits per heavy atom. The van der Waals surface area contributed by atoms with Gasteiger partial charge in [0.15, 0.2) is 0 Å². The van der Waals surface area contributed by atoms with E-state index in [1.165, 1.54) is 38.8 Å². The van der Waals surface area contributed by atoms with Crippen molar-refractivity contribution in [3.05, 3.63) is 0 Å². The Kier molecular flexibility index (Phi) is 5.26. The van der Waals surface area contributed by atoms with Gasteiger partial charge in [0.25, 0.3) is 0 Å². The molecular weight excluding hydrogens is 212 g/mol. The van der Waals surface area contributed by atoms with Crippen LogP contribution in [0.5, 0.6) is 0 Å². The number of likely N-dealkylation sites (tertiary alicyclic amines) is 1. The predicted octanol–water partition coefficient (Wildman–Crippen LogP) is 1.88. The summed E-state index contributed by atoms with van der Waals surface area (Å²) in [6.45, 7) is 10.4. The molecule has 2 fully saturated rings. The normalized spacial score (nSPS) is 29.6. The van der Waals surface area contributed by atoms with Crippen LogP contribution in [0, 0.1) is 5.92 Å². The van der Waals surface area contributed by atoms with Gasteiger partial charge in [-0.3, -0.25) is 4.90 Å². The monoisotopic (exact) mass is 240 g/mol. The van der Waals surface area contributed by atoms with Crippen molar-refractivity contribution in [2.45, 2.75) is 51.7 Å². The Morgan fingerprint density at radius 2 is 2.06 bits per heavy atom. The van der Waals surface area contributed by atoms with E-state index in [1.54, 1.807) is 0 Å². The quantitative estimate of drug-likeness (QED) is 0.794. The molecule has 0 aromatic heterocycles. The second-order valence-corrected chi connectivity index (χ2v) is 5.86. The van der Waals surface area contributed by atoms with E-state index in [4.69, 9.17) is 4.74 Å². The van der Waals surface area contributed by atoms with E-state index in [1.807, 2.05) is 0 Å². The summed E-state index contributed by atoms with van der Waals surface area (Å²) in [5, 5.41) is 3.57. The second-order valence-electron chi connectivity index (χ2n) is 5.86. The predicted molar refractivity (Wildman–Crippen MR) is 71.3 cm³/mol. The van der Waals surface area contributed by atoms with Crippen molar-refractivity contribution in [1.29, 1.82) is 0 Å². The molecule has 2 heterocycles. The van der Waals surface area contributed by atoms with Crippen LogP contribution in [0.25, 0.3) is 0 Å². The molecule has 2 rings (SSSR count). The molecule has 2 atom stereocenters. The summed E-state index contributed by atoms with van der Waals surface area (Å²) in [4.78, 5) is 2.63. The summed E-state index contributed by atoms with van der Waals surface area (Å²) in [6.07, 6.45) is 5.70. The molecule has 0 aromatic carbocycles. The smallest absolute Gasteiger partial charge is 0.0700 e. The molecule has 100 valence electrons. The zero-order valence-corrected chi connectivity index (χ0v) is 11.5. The zero-order valence-electron chi connectivity index (χ0n) is 11.5. The van der Waals surface area contributed by atoms with Gasteiger partial charge in [0, 0.05) is 25.7 Å². The average molecular weight is 240 g/mol. The van der Waals surface area contributed by atoms with Crippen LogP contribution < -0.4 is 5.32 Å². The standard InChI is InChI=1S/C14H28N2O/c1-12-5-7-16(8-6-12)13(2)10-15-11-14-4-3-9-17-14/h12-15H,3-11H2,1-2H3. The van der Waals surface area contributed by atoms with E-state index >= 15 is 0 Å². The summed E-state index contributed by atoms with van der Waals surface area (Å²) >= 11 is 0. The van der Waals surface area contributed by atoms with Gasteiger partial charge in [-0.25, -0.2) is 0 Å². The summed E-state index contributed by atoms with van der Waals surface area (Å²) in [5.41, 5.74) is 0. The molecule has 0 aromatic rings. The van der Waals surface area contributed by atoms with Gasteiger partial charge in [-0.2, -0.15) is 0 Å². The topological polar surface area (TPSA) is 24.5 Å². The Hall–Kier alpha value is -0.120. The molecule has 2 saturated heterocycles. The molecule has 1 N–H and O–H groups in total. The van der Waals surface area contributed by atoms with Crippen LogP contribution in [-0.2, 0) is 4.74 Å². The first-order valence-corrected chi connectivity index (χ1v) is 7.32. The maximum Gasteiger partial charge on any atom is 0.0700 e. The highest BCUT2D eigenvalue weighted by atomic mass is 16.5. The van der Waals surface area contributed by atoms with Crippen molar-refractivity contribution in [3.63, 3.8) is 0 Å². The Bertz CT molecular complexity index is 208. The molecule has 0 aliphatic carbocycles. The van der Waals surface area contributed by atoms with Gasteiger partial charge in [-0.05, 0) is 51.6 Å². The lowest BCUT2D eigenvalue weighted by atomic mass is 9.98. The number of nitrogens with one attached hydrogen (secondary N) is 1. The minimum Gasteiger partial charge on any atom is -0.377 e. The van der Waals surface area contributed by atoms with Gasteiger partial charge in [-0.15, -0.1) is 0 Å². The number of piperidine rings is 1. The third kappa shape index (κ3) is 4.23. The summed E-state index contributed by atoms with van der Waals surface area (Å²) in [6, 6.07) is 0.670. The van der Waals surface area contributed by atoms with Gasteiger partial charge < -0.3 is 10.1 Å². The number of nitrogens with zero attached hydrogens (tertiary/aromatic N) is 1. The first-order chi connectivity index (χ1) is 8.25. The highest BCUT2D eigenvalue weighted by Gasteiger charge is 2.20. The fraction of sp³-hybridized carbons (Fsp3) is 1.00. The molecular formula is C14H28N2O. The van der Waals surface area contributed by atoms with Crippen molar-refractivity contribution in [3.8, 4) is 0 Å². The van der Waals surface area contributed by atoms with E-state index in [9.17, 15) is 0 Å². The number of hydrogen-bond donors (Lipinski definition) is 1. The van der Waals surface area contributed by atoms with Crippen molar-refractivity contribution < 1.29 is 4.74 Å². The lowest BCUT2D eigenvalue weighted by molar-refractivity contribution is 0.104. The summed E-state index contributed by atoms with van der Waals surface area (Å²) < 4.78 is 5.62. The number of ether oxygens (including phenoxy) is 1. The number of hydrogen-bond acceptors (Lipinski definition) is 3. The third-order valence-electron chi connectivity index (χ3n) is 4.28. The molecule has 2 aliphatic rings. The van der Waals surface area contributed by atoms with Gasteiger partial charge in [0.1, 0.15) is 0 Å². The van der Waals surface area contributed by atoms with Gasteiger partial charge in [-0.1, -0.05) is 6.92 Å². The van der Waals surface area contributed by atoms with Crippen LogP contribution in [0.1, 0.15) is 39.5 Å². The van der Waals surface area contributed by atoms with Crippen molar-refractivity contribution in [2.75, 3.05) is 32.8 Å². The molecule has 2 unspecified atom stereocenters. The Morgan fingerprint density at radius 1 is 1.29 bits per heavy atom. The molecule has 0 saturated carbocycles. The molecule has 0 bridgehead atoms. The molecule has 0 amide bonds. The minimum absolute atomic E-state index is 0.476. The fourth-order valence-electron chi connectivity index (χ4n) is 2.86.